The molecule has 0 bridgehead atoms. The van der Waals surface area contributed by atoms with E-state index >= 15 is 0 Å². The molecule has 0 atom stereocenters. The highest BCUT2D eigenvalue weighted by Gasteiger charge is 1.88. The molecule has 0 aliphatic rings. The average Bonchev–Trinajstić information content (AvgIpc) is 2.49. The van der Waals surface area contributed by atoms with Crippen molar-refractivity contribution in [2.45, 2.75) is 0 Å². The van der Waals surface area contributed by atoms with Gasteiger partial charge in [-0.2, -0.15) is 0 Å². The van der Waals surface area contributed by atoms with Crippen LogP contribution in [0.4, 0.5) is 5.69 Å². The number of para-hydroxylation sites is 1. The maximum absolute atomic E-state index is 10.1. The largest absolute Gasteiger partial charge is 0.378 e. The van der Waals surface area contributed by atoms with E-state index in [9.17, 15) is 4.79 Å². The smallest absolute Gasteiger partial charge is 0.161 e. The number of aldehydes is 1. The zero-order valence-electron chi connectivity index (χ0n) is 11.7. The molecule has 2 aromatic rings. The molecule has 0 fully saturated rings. The van der Waals surface area contributed by atoms with E-state index in [1.807, 2.05) is 62.6 Å². The molecule has 0 amide bonds. The van der Waals surface area contributed by atoms with Crippen molar-refractivity contribution in [1.82, 2.24) is 0 Å². The van der Waals surface area contributed by atoms with Crippen LogP contribution in [0, 0.1) is 0 Å². The first-order valence-corrected chi connectivity index (χ1v) is 6.61. The first kappa shape index (κ1) is 16.0. The van der Waals surface area contributed by atoms with Gasteiger partial charge in [-0.1, -0.05) is 60.1 Å². The SMILES string of the molecule is CN(C)c1ccccc1.O=CC(Cl)=Cc1ccccc1. The molecule has 0 heterocycles. The summed E-state index contributed by atoms with van der Waals surface area (Å²) in [4.78, 5) is 12.2. The zero-order chi connectivity index (χ0) is 14.8. The lowest BCUT2D eigenvalue weighted by molar-refractivity contribution is -0.104. The van der Waals surface area contributed by atoms with Gasteiger partial charge in [-0.25, -0.2) is 0 Å². The van der Waals surface area contributed by atoms with Crippen LogP contribution in [-0.4, -0.2) is 20.4 Å². The van der Waals surface area contributed by atoms with E-state index in [2.05, 4.69) is 17.0 Å². The quantitative estimate of drug-likeness (QED) is 0.622. The Balaban J connectivity index is 0.000000204. The Kier molecular flexibility index (Phi) is 7.15. The molecule has 0 aliphatic heterocycles. The normalized spacial score (nSPS) is 10.2. The molecule has 2 aromatic carbocycles. The molecule has 3 heteroatoms. The summed E-state index contributed by atoms with van der Waals surface area (Å²) in [5, 5.41) is 0.219. The highest BCUT2D eigenvalue weighted by molar-refractivity contribution is 6.40. The van der Waals surface area contributed by atoms with Crippen molar-refractivity contribution in [2.24, 2.45) is 0 Å². The van der Waals surface area contributed by atoms with E-state index in [4.69, 9.17) is 11.6 Å². The lowest BCUT2D eigenvalue weighted by Crippen LogP contribution is -2.07. The number of rotatable bonds is 3. The second kappa shape index (κ2) is 8.94. The topological polar surface area (TPSA) is 20.3 Å². The summed E-state index contributed by atoms with van der Waals surface area (Å²) in [5.74, 6) is 0. The van der Waals surface area contributed by atoms with E-state index < -0.39 is 0 Å². The van der Waals surface area contributed by atoms with Gasteiger partial charge in [-0.15, -0.1) is 0 Å². The van der Waals surface area contributed by atoms with E-state index in [1.54, 1.807) is 6.08 Å². The van der Waals surface area contributed by atoms with Gasteiger partial charge in [-0.05, 0) is 23.8 Å². The van der Waals surface area contributed by atoms with E-state index in [-0.39, 0.29) is 5.03 Å². The van der Waals surface area contributed by atoms with Crippen LogP contribution in [-0.2, 0) is 4.79 Å². The number of anilines is 1. The minimum Gasteiger partial charge on any atom is -0.378 e. The van der Waals surface area contributed by atoms with Crippen LogP contribution >= 0.6 is 11.6 Å². The third kappa shape index (κ3) is 6.21. The Morgan fingerprint density at radius 3 is 1.85 bits per heavy atom. The lowest BCUT2D eigenvalue weighted by atomic mass is 10.2. The Bertz CT molecular complexity index is 535. The van der Waals surface area contributed by atoms with E-state index in [0.29, 0.717) is 6.29 Å². The van der Waals surface area contributed by atoms with E-state index in [1.165, 1.54) is 5.69 Å². The molecule has 0 aliphatic carbocycles. The van der Waals surface area contributed by atoms with Crippen LogP contribution in [0.2, 0.25) is 0 Å². The van der Waals surface area contributed by atoms with Gasteiger partial charge < -0.3 is 4.90 Å². The maximum Gasteiger partial charge on any atom is 0.161 e. The molecule has 2 nitrogen and oxygen atoms in total. The van der Waals surface area contributed by atoms with Crippen molar-refractivity contribution in [3.63, 3.8) is 0 Å². The minimum atomic E-state index is 0.219. The van der Waals surface area contributed by atoms with Crippen molar-refractivity contribution in [1.29, 1.82) is 0 Å². The van der Waals surface area contributed by atoms with Gasteiger partial charge >= 0.3 is 0 Å². The van der Waals surface area contributed by atoms with Crippen LogP contribution < -0.4 is 4.90 Å². The van der Waals surface area contributed by atoms with Crippen molar-refractivity contribution in [3.8, 4) is 0 Å². The van der Waals surface area contributed by atoms with Crippen molar-refractivity contribution >= 4 is 29.7 Å². The monoisotopic (exact) mass is 287 g/mol. The third-order valence-corrected chi connectivity index (χ3v) is 2.69. The molecule has 0 saturated heterocycles. The molecular weight excluding hydrogens is 270 g/mol. The van der Waals surface area contributed by atoms with Crippen LogP contribution in [0.25, 0.3) is 6.08 Å². The van der Waals surface area contributed by atoms with Crippen molar-refractivity contribution < 1.29 is 4.79 Å². The summed E-state index contributed by atoms with van der Waals surface area (Å²) in [5.41, 5.74) is 2.18. The lowest BCUT2D eigenvalue weighted by Gasteiger charge is -2.10. The number of carbonyl (C=O) groups excluding carboxylic acids is 1. The molecule has 0 radical (unpaired) electrons. The molecule has 2 rings (SSSR count). The van der Waals surface area contributed by atoms with Crippen LogP contribution in [0.5, 0.6) is 0 Å². The number of allylic oxidation sites excluding steroid dienone is 1. The van der Waals surface area contributed by atoms with Gasteiger partial charge in [0, 0.05) is 19.8 Å². The van der Waals surface area contributed by atoms with Crippen LogP contribution in [0.15, 0.2) is 65.7 Å². The molecule has 0 aromatic heterocycles. The summed E-state index contributed by atoms with van der Waals surface area (Å²) in [6, 6.07) is 19.7. The molecule has 104 valence electrons. The number of carbonyl (C=O) groups is 1. The first-order chi connectivity index (χ1) is 9.63. The Morgan fingerprint density at radius 1 is 0.950 bits per heavy atom. The fraction of sp³-hybridized carbons (Fsp3) is 0.118. The second-order valence-electron chi connectivity index (χ2n) is 4.29. The zero-order valence-corrected chi connectivity index (χ0v) is 12.4. The second-order valence-corrected chi connectivity index (χ2v) is 4.72. The summed E-state index contributed by atoms with van der Waals surface area (Å²) in [7, 11) is 4.07. The molecule has 0 N–H and O–H groups in total. The maximum atomic E-state index is 10.1. The fourth-order valence-electron chi connectivity index (χ4n) is 1.47. The first-order valence-electron chi connectivity index (χ1n) is 6.23. The van der Waals surface area contributed by atoms with Gasteiger partial charge in [0.05, 0.1) is 5.03 Å². The average molecular weight is 288 g/mol. The predicted molar refractivity (Wildman–Crippen MR) is 87.1 cm³/mol. The number of nitrogens with zero attached hydrogens (tertiary/aromatic N) is 1. The Hall–Kier alpha value is -2.06. The number of benzene rings is 2. The number of hydrogen-bond donors (Lipinski definition) is 0. The summed E-state index contributed by atoms with van der Waals surface area (Å²) in [6.07, 6.45) is 2.24. The summed E-state index contributed by atoms with van der Waals surface area (Å²) >= 11 is 5.49. The number of halogens is 1. The highest BCUT2D eigenvalue weighted by Crippen LogP contribution is 2.07. The van der Waals surface area contributed by atoms with Crippen LogP contribution in [0.3, 0.4) is 0 Å². The molecule has 0 spiro atoms. The Morgan fingerprint density at radius 2 is 1.45 bits per heavy atom. The van der Waals surface area contributed by atoms with Gasteiger partial charge in [0.25, 0.3) is 0 Å². The van der Waals surface area contributed by atoms with Gasteiger partial charge in [0.1, 0.15) is 0 Å². The number of hydrogen-bond acceptors (Lipinski definition) is 2. The van der Waals surface area contributed by atoms with Gasteiger partial charge in [-0.3, -0.25) is 4.79 Å². The van der Waals surface area contributed by atoms with Gasteiger partial charge in [0.2, 0.25) is 0 Å². The molecule has 0 unspecified atom stereocenters. The summed E-state index contributed by atoms with van der Waals surface area (Å²) in [6.45, 7) is 0. The van der Waals surface area contributed by atoms with Gasteiger partial charge in [0.15, 0.2) is 6.29 Å². The summed E-state index contributed by atoms with van der Waals surface area (Å²) < 4.78 is 0. The Labute approximate surface area is 125 Å². The molecule has 20 heavy (non-hydrogen) atoms. The van der Waals surface area contributed by atoms with Crippen molar-refractivity contribution in [3.05, 3.63) is 71.3 Å². The minimum absolute atomic E-state index is 0.219. The molecule has 0 saturated carbocycles. The highest BCUT2D eigenvalue weighted by atomic mass is 35.5. The van der Waals surface area contributed by atoms with E-state index in [0.717, 1.165) is 5.56 Å². The predicted octanol–water partition coefficient (Wildman–Crippen LogP) is 4.22. The fourth-order valence-corrected chi connectivity index (χ4v) is 1.59. The molecular formula is C17H18ClNO. The van der Waals surface area contributed by atoms with Crippen molar-refractivity contribution in [2.75, 3.05) is 19.0 Å². The third-order valence-electron chi connectivity index (χ3n) is 2.49. The van der Waals surface area contributed by atoms with Crippen LogP contribution in [0.1, 0.15) is 5.56 Å². The standard InChI is InChI=1S/C9H7ClO.C8H11N/c10-9(7-11)6-8-4-2-1-3-5-8;1-9(2)8-6-4-3-5-7-8/h1-7H;3-7H,1-2H3.